The lowest BCUT2D eigenvalue weighted by Gasteiger charge is -2.17. The summed E-state index contributed by atoms with van der Waals surface area (Å²) >= 11 is 1.68. The van der Waals surface area contributed by atoms with Gasteiger partial charge < -0.3 is 9.64 Å². The fraction of sp³-hybridized carbons (Fsp3) is 0.222. The van der Waals surface area contributed by atoms with Gasteiger partial charge in [0.2, 0.25) is 0 Å². The van der Waals surface area contributed by atoms with E-state index in [0.29, 0.717) is 0 Å². The van der Waals surface area contributed by atoms with Crippen molar-refractivity contribution >= 4 is 17.4 Å². The molecule has 0 spiro atoms. The molecule has 0 bridgehead atoms. The second-order valence-electron chi connectivity index (χ2n) is 5.42. The van der Waals surface area contributed by atoms with E-state index in [1.54, 1.807) is 31.3 Å². The van der Waals surface area contributed by atoms with Gasteiger partial charge in [-0.15, -0.1) is 0 Å². The molecule has 0 atom stereocenters. The van der Waals surface area contributed by atoms with Gasteiger partial charge in [-0.05, 0) is 23.8 Å². The zero-order chi connectivity index (χ0) is 16.9. The van der Waals surface area contributed by atoms with E-state index in [9.17, 15) is 0 Å². The predicted molar refractivity (Wildman–Crippen MR) is 98.2 cm³/mol. The second-order valence-corrected chi connectivity index (χ2v) is 6.36. The van der Waals surface area contributed by atoms with Crippen molar-refractivity contribution in [1.29, 1.82) is 0 Å². The summed E-state index contributed by atoms with van der Waals surface area (Å²) in [6.07, 6.45) is 5.45. The lowest BCUT2D eigenvalue weighted by Crippen LogP contribution is -2.10. The molecule has 24 heavy (non-hydrogen) atoms. The number of thioether (sulfide) groups is 1. The maximum Gasteiger partial charge on any atom is 0.181 e. The van der Waals surface area contributed by atoms with E-state index in [1.165, 1.54) is 11.3 Å². The lowest BCUT2D eigenvalue weighted by molar-refractivity contribution is 0.409. The number of pyridine rings is 1. The number of hydrogen-bond acceptors (Lipinski definition) is 5. The molecule has 3 rings (SSSR count). The number of hydrogen-bond donors (Lipinski definition) is 0. The smallest absolute Gasteiger partial charge is 0.181 e. The maximum atomic E-state index is 5.41. The molecule has 2 aromatic heterocycles. The van der Waals surface area contributed by atoms with Crippen molar-refractivity contribution in [2.45, 2.75) is 10.9 Å². The van der Waals surface area contributed by atoms with Gasteiger partial charge in [-0.3, -0.25) is 4.57 Å². The van der Waals surface area contributed by atoms with Gasteiger partial charge in [0.1, 0.15) is 0 Å². The normalized spacial score (nSPS) is 10.6. The van der Waals surface area contributed by atoms with Crippen LogP contribution in [0, 0.1) is 0 Å². The van der Waals surface area contributed by atoms with Gasteiger partial charge in [0.15, 0.2) is 16.7 Å². The summed E-state index contributed by atoms with van der Waals surface area (Å²) in [7, 11) is 5.77. The standard InChI is InChI=1S/C18H20N4OS/c1-21(2)15-8-5-4-7-14(15)13-24-18-20-11-12-22(18)17-16(23-3)9-6-10-19-17/h4-12H,13H2,1-3H3. The van der Waals surface area contributed by atoms with Gasteiger partial charge in [0.25, 0.3) is 0 Å². The summed E-state index contributed by atoms with van der Waals surface area (Å²) in [4.78, 5) is 11.0. The summed E-state index contributed by atoms with van der Waals surface area (Å²) in [5.41, 5.74) is 2.49. The van der Waals surface area contributed by atoms with Crippen LogP contribution < -0.4 is 9.64 Å². The molecule has 0 amide bonds. The largest absolute Gasteiger partial charge is 0.493 e. The SMILES string of the molecule is COc1cccnc1-n1ccnc1SCc1ccccc1N(C)C. The topological polar surface area (TPSA) is 43.2 Å². The van der Waals surface area contributed by atoms with E-state index in [1.807, 2.05) is 22.9 Å². The molecule has 6 heteroatoms. The third-order valence-corrected chi connectivity index (χ3v) is 4.65. The average Bonchev–Trinajstić information content (AvgIpc) is 3.08. The van der Waals surface area contributed by atoms with Gasteiger partial charge >= 0.3 is 0 Å². The molecule has 0 saturated heterocycles. The Morgan fingerprint density at radius 2 is 1.92 bits per heavy atom. The van der Waals surface area contributed by atoms with E-state index >= 15 is 0 Å². The minimum atomic E-state index is 0.728. The molecular formula is C18H20N4OS. The van der Waals surface area contributed by atoms with Crippen LogP contribution in [0.2, 0.25) is 0 Å². The van der Waals surface area contributed by atoms with Gasteiger partial charge in [0.05, 0.1) is 7.11 Å². The summed E-state index contributed by atoms with van der Waals surface area (Å²) in [5, 5.41) is 0.889. The Labute approximate surface area is 146 Å². The van der Waals surface area contributed by atoms with E-state index < -0.39 is 0 Å². The van der Waals surface area contributed by atoms with E-state index in [2.05, 4.69) is 53.2 Å². The van der Waals surface area contributed by atoms with Gasteiger partial charge in [-0.25, -0.2) is 9.97 Å². The Morgan fingerprint density at radius 1 is 1.08 bits per heavy atom. The van der Waals surface area contributed by atoms with Crippen LogP contribution in [0.3, 0.4) is 0 Å². The zero-order valence-corrected chi connectivity index (χ0v) is 14.8. The van der Waals surface area contributed by atoms with Crippen molar-refractivity contribution in [2.75, 3.05) is 26.1 Å². The minimum Gasteiger partial charge on any atom is -0.493 e. The molecular weight excluding hydrogens is 320 g/mol. The molecule has 1 aromatic carbocycles. The van der Waals surface area contributed by atoms with E-state index in [4.69, 9.17) is 4.74 Å². The summed E-state index contributed by atoms with van der Waals surface area (Å²) in [5.74, 6) is 2.31. The fourth-order valence-electron chi connectivity index (χ4n) is 2.49. The van der Waals surface area contributed by atoms with Crippen LogP contribution in [0.15, 0.2) is 60.1 Å². The van der Waals surface area contributed by atoms with Crippen molar-refractivity contribution in [2.24, 2.45) is 0 Å². The van der Waals surface area contributed by atoms with E-state index in [0.717, 1.165) is 22.5 Å². The third kappa shape index (κ3) is 3.38. The molecule has 3 aromatic rings. The highest BCUT2D eigenvalue weighted by Gasteiger charge is 2.12. The molecule has 0 radical (unpaired) electrons. The highest BCUT2D eigenvalue weighted by molar-refractivity contribution is 7.98. The fourth-order valence-corrected chi connectivity index (χ4v) is 3.44. The molecule has 0 N–H and O–H groups in total. The van der Waals surface area contributed by atoms with Gasteiger partial charge in [0, 0.05) is 44.1 Å². The third-order valence-electron chi connectivity index (χ3n) is 3.64. The lowest BCUT2D eigenvalue weighted by atomic mass is 10.2. The minimum absolute atomic E-state index is 0.728. The number of para-hydroxylation sites is 1. The Hall–Kier alpha value is -2.47. The van der Waals surface area contributed by atoms with Crippen molar-refractivity contribution < 1.29 is 4.74 Å². The van der Waals surface area contributed by atoms with Gasteiger partial charge in [-0.2, -0.15) is 0 Å². The van der Waals surface area contributed by atoms with Crippen LogP contribution in [0.5, 0.6) is 5.75 Å². The molecule has 0 unspecified atom stereocenters. The van der Waals surface area contributed by atoms with Crippen molar-refractivity contribution in [3.05, 3.63) is 60.6 Å². The van der Waals surface area contributed by atoms with Crippen LogP contribution in [-0.4, -0.2) is 35.7 Å². The maximum absolute atomic E-state index is 5.41. The number of aromatic nitrogens is 3. The molecule has 0 aliphatic rings. The molecule has 5 nitrogen and oxygen atoms in total. The first-order chi connectivity index (χ1) is 11.7. The van der Waals surface area contributed by atoms with Crippen molar-refractivity contribution in [3.8, 4) is 11.6 Å². The van der Waals surface area contributed by atoms with Gasteiger partial charge in [-0.1, -0.05) is 30.0 Å². The molecule has 0 fully saturated rings. The van der Waals surface area contributed by atoms with Crippen LogP contribution in [0.4, 0.5) is 5.69 Å². The predicted octanol–water partition coefficient (Wildman–Crippen LogP) is 3.63. The first-order valence-electron chi connectivity index (χ1n) is 7.61. The zero-order valence-electron chi connectivity index (χ0n) is 14.0. The number of ether oxygens (including phenoxy) is 1. The first kappa shape index (κ1) is 16.4. The highest BCUT2D eigenvalue weighted by atomic mass is 32.2. The van der Waals surface area contributed by atoms with Crippen LogP contribution in [0.25, 0.3) is 5.82 Å². The number of methoxy groups -OCH3 is 1. The first-order valence-corrected chi connectivity index (χ1v) is 8.60. The summed E-state index contributed by atoms with van der Waals surface area (Å²) in [6, 6.07) is 12.2. The molecule has 0 aliphatic carbocycles. The number of nitrogens with zero attached hydrogens (tertiary/aromatic N) is 4. The summed E-state index contributed by atoms with van der Waals surface area (Å²) in [6.45, 7) is 0. The van der Waals surface area contributed by atoms with Crippen LogP contribution in [0.1, 0.15) is 5.56 Å². The molecule has 2 heterocycles. The van der Waals surface area contributed by atoms with Crippen molar-refractivity contribution in [3.63, 3.8) is 0 Å². The Bertz CT molecular complexity index is 816. The average molecular weight is 340 g/mol. The summed E-state index contributed by atoms with van der Waals surface area (Å²) < 4.78 is 7.37. The second kappa shape index (κ2) is 7.40. The van der Waals surface area contributed by atoms with Crippen molar-refractivity contribution in [1.82, 2.24) is 14.5 Å². The number of benzene rings is 1. The Kier molecular flexibility index (Phi) is 5.05. The molecule has 124 valence electrons. The Morgan fingerprint density at radius 3 is 2.71 bits per heavy atom. The number of rotatable bonds is 6. The molecule has 0 saturated carbocycles. The number of anilines is 1. The van der Waals surface area contributed by atoms with Crippen LogP contribution in [-0.2, 0) is 5.75 Å². The monoisotopic (exact) mass is 340 g/mol. The van der Waals surface area contributed by atoms with Crippen LogP contribution >= 0.6 is 11.8 Å². The molecule has 0 aliphatic heterocycles. The quantitative estimate of drug-likeness (QED) is 0.641. The highest BCUT2D eigenvalue weighted by Crippen LogP contribution is 2.30. The number of imidazole rings is 1. The van der Waals surface area contributed by atoms with E-state index in [-0.39, 0.29) is 0 Å². The Balaban J connectivity index is 1.85.